The molecule has 2 aromatic carbocycles. The lowest BCUT2D eigenvalue weighted by Crippen LogP contribution is -2.34. The van der Waals surface area contributed by atoms with Crippen LogP contribution in [0.4, 0.5) is 0 Å². The number of nitrogens with one attached hydrogen (secondary N) is 1. The van der Waals surface area contributed by atoms with Crippen molar-refractivity contribution in [3.8, 4) is 28.5 Å². The van der Waals surface area contributed by atoms with Crippen molar-refractivity contribution < 1.29 is 19.0 Å². The Morgan fingerprint density at radius 2 is 2.00 bits per heavy atom. The van der Waals surface area contributed by atoms with Crippen LogP contribution in [0.3, 0.4) is 0 Å². The quantitative estimate of drug-likeness (QED) is 0.683. The van der Waals surface area contributed by atoms with Gasteiger partial charge in [-0.05, 0) is 47.9 Å². The Morgan fingerprint density at radius 1 is 1.07 bits per heavy atom. The van der Waals surface area contributed by atoms with Crippen LogP contribution in [0.15, 0.2) is 60.8 Å². The number of pyridine rings is 1. The normalized spacial score (nSPS) is 16.1. The molecular weight excluding hydrogens is 380 g/mol. The first-order valence-corrected chi connectivity index (χ1v) is 10.1. The fourth-order valence-corrected chi connectivity index (χ4v) is 3.85. The zero-order valence-electron chi connectivity index (χ0n) is 16.5. The number of rotatable bonds is 6. The summed E-state index contributed by atoms with van der Waals surface area (Å²) >= 11 is 0. The number of hydrogen-bond acceptors (Lipinski definition) is 5. The van der Waals surface area contributed by atoms with Gasteiger partial charge in [0.05, 0.1) is 12.2 Å². The molecule has 3 aromatic rings. The molecule has 2 aliphatic rings. The summed E-state index contributed by atoms with van der Waals surface area (Å²) in [6.07, 6.45) is 3.55. The molecule has 6 heteroatoms. The minimum absolute atomic E-state index is 0.0113. The first kappa shape index (κ1) is 18.5. The standard InChI is InChI=1S/C24H22N2O4/c27-23(10-8-16-7-9-21-22(12-16)29-15-28-21)26-14-18-13-17-4-3-5-19(24(17)30-18)20-6-1-2-11-25-20/h1-7,9,11-12,18H,8,10,13-15H2,(H,26,27). The van der Waals surface area contributed by atoms with Crippen molar-refractivity contribution in [2.75, 3.05) is 13.3 Å². The van der Waals surface area contributed by atoms with E-state index in [0.29, 0.717) is 19.4 Å². The predicted octanol–water partition coefficient (Wildman–Crippen LogP) is 3.53. The molecule has 6 nitrogen and oxygen atoms in total. The second-order valence-electron chi connectivity index (χ2n) is 7.44. The maximum Gasteiger partial charge on any atom is 0.231 e. The summed E-state index contributed by atoms with van der Waals surface area (Å²) in [4.78, 5) is 16.8. The van der Waals surface area contributed by atoms with E-state index in [0.717, 1.165) is 46.1 Å². The van der Waals surface area contributed by atoms with Crippen LogP contribution in [0.25, 0.3) is 11.3 Å². The average molecular weight is 402 g/mol. The van der Waals surface area contributed by atoms with Crippen LogP contribution in [0, 0.1) is 0 Å². The second-order valence-corrected chi connectivity index (χ2v) is 7.44. The van der Waals surface area contributed by atoms with E-state index in [1.54, 1.807) is 6.20 Å². The summed E-state index contributed by atoms with van der Waals surface area (Å²) in [5.74, 6) is 2.38. The molecule has 0 spiro atoms. The van der Waals surface area contributed by atoms with Gasteiger partial charge >= 0.3 is 0 Å². The van der Waals surface area contributed by atoms with Crippen molar-refractivity contribution in [1.29, 1.82) is 0 Å². The molecule has 0 fully saturated rings. The number of nitrogens with zero attached hydrogens (tertiary/aromatic N) is 1. The van der Waals surface area contributed by atoms with Crippen molar-refractivity contribution in [3.63, 3.8) is 0 Å². The molecule has 2 aliphatic heterocycles. The topological polar surface area (TPSA) is 69.7 Å². The molecule has 152 valence electrons. The highest BCUT2D eigenvalue weighted by atomic mass is 16.7. The van der Waals surface area contributed by atoms with Gasteiger partial charge in [0.25, 0.3) is 0 Å². The van der Waals surface area contributed by atoms with E-state index in [2.05, 4.69) is 16.4 Å². The van der Waals surface area contributed by atoms with Crippen LogP contribution < -0.4 is 19.5 Å². The third-order valence-corrected chi connectivity index (χ3v) is 5.37. The Kier molecular flexibility index (Phi) is 4.97. The highest BCUT2D eigenvalue weighted by molar-refractivity contribution is 5.76. The number of fused-ring (bicyclic) bond motifs is 2. The minimum atomic E-state index is -0.0700. The van der Waals surface area contributed by atoms with Crippen molar-refractivity contribution in [2.24, 2.45) is 0 Å². The van der Waals surface area contributed by atoms with E-state index in [4.69, 9.17) is 14.2 Å². The zero-order valence-corrected chi connectivity index (χ0v) is 16.5. The monoisotopic (exact) mass is 402 g/mol. The SMILES string of the molecule is O=C(CCc1ccc2c(c1)OCO2)NCC1Cc2cccc(-c3ccccn3)c2O1. The van der Waals surface area contributed by atoms with Gasteiger partial charge in [-0.3, -0.25) is 9.78 Å². The number of aromatic nitrogens is 1. The zero-order chi connectivity index (χ0) is 20.3. The van der Waals surface area contributed by atoms with Crippen LogP contribution in [-0.4, -0.2) is 30.3 Å². The Hall–Kier alpha value is -3.54. The second kappa shape index (κ2) is 8.06. The van der Waals surface area contributed by atoms with E-state index >= 15 is 0 Å². The van der Waals surface area contributed by atoms with Crippen LogP contribution >= 0.6 is 0 Å². The fraction of sp³-hybridized carbons (Fsp3) is 0.250. The molecule has 1 unspecified atom stereocenters. The average Bonchev–Trinajstić information content (AvgIpc) is 3.42. The lowest BCUT2D eigenvalue weighted by molar-refractivity contribution is -0.121. The fourth-order valence-electron chi connectivity index (χ4n) is 3.85. The molecule has 1 amide bonds. The molecule has 30 heavy (non-hydrogen) atoms. The van der Waals surface area contributed by atoms with E-state index in [1.165, 1.54) is 0 Å². The summed E-state index contributed by atoms with van der Waals surface area (Å²) in [7, 11) is 0. The largest absolute Gasteiger partial charge is 0.487 e. The van der Waals surface area contributed by atoms with Crippen LogP contribution in [-0.2, 0) is 17.6 Å². The number of hydrogen-bond donors (Lipinski definition) is 1. The van der Waals surface area contributed by atoms with Gasteiger partial charge < -0.3 is 19.5 Å². The Balaban J connectivity index is 1.15. The van der Waals surface area contributed by atoms with Crippen molar-refractivity contribution in [2.45, 2.75) is 25.4 Å². The number of carbonyl (C=O) groups is 1. The molecule has 5 rings (SSSR count). The van der Waals surface area contributed by atoms with Gasteiger partial charge in [-0.1, -0.05) is 24.3 Å². The number of para-hydroxylation sites is 1. The van der Waals surface area contributed by atoms with Crippen molar-refractivity contribution in [3.05, 3.63) is 71.9 Å². The molecular formula is C24H22N2O4. The number of amides is 1. The number of aryl methyl sites for hydroxylation is 1. The van der Waals surface area contributed by atoms with Gasteiger partial charge in [0.1, 0.15) is 11.9 Å². The number of carbonyl (C=O) groups excluding carboxylic acids is 1. The number of benzene rings is 2. The minimum Gasteiger partial charge on any atom is -0.487 e. The van der Waals surface area contributed by atoms with Gasteiger partial charge in [-0.2, -0.15) is 0 Å². The molecule has 0 saturated carbocycles. The molecule has 0 saturated heterocycles. The van der Waals surface area contributed by atoms with Crippen molar-refractivity contribution in [1.82, 2.24) is 10.3 Å². The third kappa shape index (κ3) is 3.81. The predicted molar refractivity (Wildman–Crippen MR) is 112 cm³/mol. The maximum atomic E-state index is 12.3. The maximum absolute atomic E-state index is 12.3. The molecule has 3 heterocycles. The molecule has 0 bridgehead atoms. The molecule has 1 aromatic heterocycles. The third-order valence-electron chi connectivity index (χ3n) is 5.37. The van der Waals surface area contributed by atoms with Crippen molar-refractivity contribution >= 4 is 5.91 Å². The molecule has 1 N–H and O–H groups in total. The Bertz CT molecular complexity index is 1070. The summed E-state index contributed by atoms with van der Waals surface area (Å²) in [5.41, 5.74) is 4.09. The smallest absolute Gasteiger partial charge is 0.231 e. The van der Waals surface area contributed by atoms with Gasteiger partial charge in [0.15, 0.2) is 11.5 Å². The number of ether oxygens (including phenoxy) is 3. The van der Waals surface area contributed by atoms with E-state index in [1.807, 2.05) is 48.5 Å². The van der Waals surface area contributed by atoms with Crippen LogP contribution in [0.2, 0.25) is 0 Å². The summed E-state index contributed by atoms with van der Waals surface area (Å²) in [6.45, 7) is 0.738. The van der Waals surface area contributed by atoms with E-state index in [-0.39, 0.29) is 18.8 Å². The summed E-state index contributed by atoms with van der Waals surface area (Å²) in [6, 6.07) is 17.8. The van der Waals surface area contributed by atoms with Crippen LogP contribution in [0.1, 0.15) is 17.5 Å². The van der Waals surface area contributed by atoms with Gasteiger partial charge in [0.2, 0.25) is 12.7 Å². The Labute approximate surface area is 174 Å². The summed E-state index contributed by atoms with van der Waals surface area (Å²) in [5, 5.41) is 3.01. The van der Waals surface area contributed by atoms with E-state index < -0.39 is 0 Å². The molecule has 1 atom stereocenters. The first-order valence-electron chi connectivity index (χ1n) is 10.1. The molecule has 0 radical (unpaired) electrons. The Morgan fingerprint density at radius 3 is 2.90 bits per heavy atom. The lowest BCUT2D eigenvalue weighted by atomic mass is 10.0. The van der Waals surface area contributed by atoms with Gasteiger partial charge in [-0.25, -0.2) is 0 Å². The molecule has 0 aliphatic carbocycles. The van der Waals surface area contributed by atoms with Gasteiger partial charge in [-0.15, -0.1) is 0 Å². The highest BCUT2D eigenvalue weighted by Gasteiger charge is 2.26. The van der Waals surface area contributed by atoms with Gasteiger partial charge in [0, 0.05) is 24.6 Å². The highest BCUT2D eigenvalue weighted by Crippen LogP contribution is 2.37. The first-order chi connectivity index (χ1) is 14.8. The lowest BCUT2D eigenvalue weighted by Gasteiger charge is -2.13. The van der Waals surface area contributed by atoms with Crippen LogP contribution in [0.5, 0.6) is 17.2 Å². The van der Waals surface area contributed by atoms with E-state index in [9.17, 15) is 4.79 Å². The summed E-state index contributed by atoms with van der Waals surface area (Å²) < 4.78 is 16.9.